The molecular weight excluding hydrogens is 248 g/mol. The minimum Gasteiger partial charge on any atom is -0.398 e. The Hall–Kier alpha value is -1.07. The Kier molecular flexibility index (Phi) is 4.76. The van der Waals surface area contributed by atoms with Gasteiger partial charge in [0, 0.05) is 13.1 Å². The van der Waals surface area contributed by atoms with Crippen molar-refractivity contribution in [3.63, 3.8) is 0 Å². The van der Waals surface area contributed by atoms with Crippen molar-refractivity contribution in [3.05, 3.63) is 23.3 Å². The molecule has 18 heavy (non-hydrogen) atoms. The molecule has 1 rings (SSSR count). The van der Waals surface area contributed by atoms with E-state index < -0.39 is 10.0 Å². The molecule has 0 aliphatic rings. The summed E-state index contributed by atoms with van der Waals surface area (Å²) >= 11 is 0. The highest BCUT2D eigenvalue weighted by molar-refractivity contribution is 7.89. The van der Waals surface area contributed by atoms with Gasteiger partial charge in [0.25, 0.3) is 0 Å². The van der Waals surface area contributed by atoms with E-state index in [4.69, 9.17) is 5.73 Å². The summed E-state index contributed by atoms with van der Waals surface area (Å²) in [6.45, 7) is 8.48. The van der Waals surface area contributed by atoms with Gasteiger partial charge in [0.05, 0.1) is 5.69 Å². The summed E-state index contributed by atoms with van der Waals surface area (Å²) in [5.74, 6) is 0. The molecule has 0 bridgehead atoms. The Morgan fingerprint density at radius 1 is 1.22 bits per heavy atom. The number of benzene rings is 1. The monoisotopic (exact) mass is 270 g/mol. The molecule has 0 saturated heterocycles. The molecule has 0 atom stereocenters. The molecule has 0 aliphatic carbocycles. The molecule has 5 heteroatoms. The van der Waals surface area contributed by atoms with Crippen LogP contribution in [0.4, 0.5) is 5.69 Å². The van der Waals surface area contributed by atoms with Crippen LogP contribution in [0.1, 0.15) is 31.4 Å². The van der Waals surface area contributed by atoms with Crippen molar-refractivity contribution in [1.82, 2.24) is 4.31 Å². The van der Waals surface area contributed by atoms with Crippen LogP contribution in [-0.2, 0) is 10.0 Å². The molecule has 0 unspecified atom stereocenters. The average Bonchev–Trinajstić information content (AvgIpc) is 2.30. The molecule has 4 nitrogen and oxygen atoms in total. The highest BCUT2D eigenvalue weighted by Gasteiger charge is 2.26. The molecule has 2 N–H and O–H groups in total. The second-order valence-electron chi connectivity index (χ2n) is 4.42. The van der Waals surface area contributed by atoms with Crippen molar-refractivity contribution in [3.8, 4) is 0 Å². The third-order valence-corrected chi connectivity index (χ3v) is 5.31. The highest BCUT2D eigenvalue weighted by atomic mass is 32.2. The van der Waals surface area contributed by atoms with Crippen LogP contribution in [0.2, 0.25) is 0 Å². The first-order valence-electron chi connectivity index (χ1n) is 6.22. The largest absolute Gasteiger partial charge is 0.398 e. The number of hydrogen-bond donors (Lipinski definition) is 1. The normalized spacial score (nSPS) is 12.1. The standard InChI is InChI=1S/C13H22N2O2S/c1-5-9-15(6-2)18(16,17)13-11(4)10(3)7-8-12(13)14/h7-8H,5-6,9,14H2,1-4H3. The maximum absolute atomic E-state index is 12.6. The number of anilines is 1. The van der Waals surface area contributed by atoms with Crippen molar-refractivity contribution in [2.24, 2.45) is 0 Å². The third-order valence-electron chi connectivity index (χ3n) is 3.13. The summed E-state index contributed by atoms with van der Waals surface area (Å²) in [7, 11) is -3.49. The van der Waals surface area contributed by atoms with Crippen LogP contribution in [-0.4, -0.2) is 25.8 Å². The zero-order valence-corrected chi connectivity index (χ0v) is 12.3. The van der Waals surface area contributed by atoms with E-state index >= 15 is 0 Å². The average molecular weight is 270 g/mol. The summed E-state index contributed by atoms with van der Waals surface area (Å²) in [6, 6.07) is 3.51. The van der Waals surface area contributed by atoms with E-state index in [1.54, 1.807) is 13.0 Å². The van der Waals surface area contributed by atoms with Gasteiger partial charge in [-0.3, -0.25) is 0 Å². The first kappa shape index (κ1) is 15.0. The lowest BCUT2D eigenvalue weighted by molar-refractivity contribution is 0.427. The minimum atomic E-state index is -3.49. The van der Waals surface area contributed by atoms with Gasteiger partial charge in [-0.2, -0.15) is 4.31 Å². The van der Waals surface area contributed by atoms with Gasteiger partial charge in [0.1, 0.15) is 4.90 Å². The van der Waals surface area contributed by atoms with E-state index in [2.05, 4.69) is 0 Å². The van der Waals surface area contributed by atoms with Gasteiger partial charge < -0.3 is 5.73 Å². The first-order valence-corrected chi connectivity index (χ1v) is 7.66. The summed E-state index contributed by atoms with van der Waals surface area (Å²) in [5, 5.41) is 0. The van der Waals surface area contributed by atoms with Crippen molar-refractivity contribution >= 4 is 15.7 Å². The molecule has 0 amide bonds. The van der Waals surface area contributed by atoms with Crippen LogP contribution in [0.25, 0.3) is 0 Å². The molecule has 1 aromatic carbocycles. The van der Waals surface area contributed by atoms with Crippen LogP contribution < -0.4 is 5.73 Å². The molecule has 0 fully saturated rings. The van der Waals surface area contributed by atoms with Crippen LogP contribution in [0.5, 0.6) is 0 Å². The number of nitrogens with zero attached hydrogens (tertiary/aromatic N) is 1. The maximum Gasteiger partial charge on any atom is 0.245 e. The van der Waals surface area contributed by atoms with Crippen LogP contribution in [0.3, 0.4) is 0 Å². The van der Waals surface area contributed by atoms with Gasteiger partial charge in [0.15, 0.2) is 0 Å². The molecule has 0 aliphatic heterocycles. The van der Waals surface area contributed by atoms with Crippen molar-refractivity contribution in [2.45, 2.75) is 39.0 Å². The molecule has 0 spiro atoms. The summed E-state index contributed by atoms with van der Waals surface area (Å²) in [6.07, 6.45) is 0.790. The van der Waals surface area contributed by atoms with Crippen LogP contribution >= 0.6 is 0 Å². The molecule has 1 aromatic rings. The smallest absolute Gasteiger partial charge is 0.245 e. The zero-order valence-electron chi connectivity index (χ0n) is 11.5. The van der Waals surface area contributed by atoms with Crippen molar-refractivity contribution in [2.75, 3.05) is 18.8 Å². The SMILES string of the molecule is CCCN(CC)S(=O)(=O)c1c(N)ccc(C)c1C. The minimum absolute atomic E-state index is 0.262. The Morgan fingerprint density at radius 2 is 1.83 bits per heavy atom. The van der Waals surface area contributed by atoms with E-state index in [9.17, 15) is 8.42 Å². The van der Waals surface area contributed by atoms with E-state index in [0.717, 1.165) is 17.5 Å². The topological polar surface area (TPSA) is 63.4 Å². The van der Waals surface area contributed by atoms with E-state index in [-0.39, 0.29) is 4.90 Å². The fraction of sp³-hybridized carbons (Fsp3) is 0.538. The predicted molar refractivity (Wildman–Crippen MR) is 75.1 cm³/mol. The summed E-state index contributed by atoms with van der Waals surface area (Å²) in [5.41, 5.74) is 7.87. The Balaban J connectivity index is 3.40. The second-order valence-corrected chi connectivity index (χ2v) is 6.30. The molecule has 0 aromatic heterocycles. The molecule has 0 heterocycles. The number of aryl methyl sites for hydroxylation is 1. The zero-order chi connectivity index (χ0) is 13.9. The van der Waals surface area contributed by atoms with Crippen LogP contribution in [0.15, 0.2) is 17.0 Å². The van der Waals surface area contributed by atoms with Gasteiger partial charge in [-0.15, -0.1) is 0 Å². The number of sulfonamides is 1. The number of rotatable bonds is 5. The second kappa shape index (κ2) is 5.71. The lowest BCUT2D eigenvalue weighted by Gasteiger charge is -2.22. The summed E-state index contributed by atoms with van der Waals surface area (Å²) in [4.78, 5) is 0.262. The van der Waals surface area contributed by atoms with Crippen LogP contribution in [0, 0.1) is 13.8 Å². The fourth-order valence-corrected chi connectivity index (χ4v) is 3.92. The molecule has 0 saturated carbocycles. The Morgan fingerprint density at radius 3 is 2.33 bits per heavy atom. The van der Waals surface area contributed by atoms with E-state index in [1.807, 2.05) is 26.8 Å². The quantitative estimate of drug-likeness (QED) is 0.835. The van der Waals surface area contributed by atoms with Gasteiger partial charge in [0.2, 0.25) is 10.0 Å². The molecule has 0 radical (unpaired) electrons. The first-order chi connectivity index (χ1) is 8.36. The highest BCUT2D eigenvalue weighted by Crippen LogP contribution is 2.28. The number of nitrogens with two attached hydrogens (primary N) is 1. The van der Waals surface area contributed by atoms with Gasteiger partial charge >= 0.3 is 0 Å². The van der Waals surface area contributed by atoms with E-state index in [1.165, 1.54) is 4.31 Å². The predicted octanol–water partition coefficient (Wildman–Crippen LogP) is 2.31. The Bertz CT molecular complexity index is 524. The van der Waals surface area contributed by atoms with Crippen molar-refractivity contribution in [1.29, 1.82) is 0 Å². The molecule has 102 valence electrons. The van der Waals surface area contributed by atoms with Crippen molar-refractivity contribution < 1.29 is 8.42 Å². The van der Waals surface area contributed by atoms with E-state index in [0.29, 0.717) is 18.8 Å². The lowest BCUT2D eigenvalue weighted by Crippen LogP contribution is -2.32. The van der Waals surface area contributed by atoms with Gasteiger partial charge in [-0.1, -0.05) is 19.9 Å². The maximum atomic E-state index is 12.6. The van der Waals surface area contributed by atoms with Gasteiger partial charge in [-0.25, -0.2) is 8.42 Å². The van der Waals surface area contributed by atoms with Gasteiger partial charge in [-0.05, 0) is 37.5 Å². The Labute approximate surface area is 110 Å². The molecular formula is C13H22N2O2S. The number of nitrogen functional groups attached to an aromatic ring is 1. The third kappa shape index (κ3) is 2.67. The number of hydrogen-bond acceptors (Lipinski definition) is 3. The lowest BCUT2D eigenvalue weighted by atomic mass is 10.1. The fourth-order valence-electron chi connectivity index (χ4n) is 1.98. The summed E-state index contributed by atoms with van der Waals surface area (Å²) < 4.78 is 26.7.